The summed E-state index contributed by atoms with van der Waals surface area (Å²) in [5.41, 5.74) is 1.68. The van der Waals surface area contributed by atoms with Crippen LogP contribution in [0.5, 0.6) is 0 Å². The molecule has 104 valence electrons. The third-order valence-electron chi connectivity index (χ3n) is 3.31. The van der Waals surface area contributed by atoms with E-state index in [1.807, 2.05) is 6.07 Å². The van der Waals surface area contributed by atoms with Gasteiger partial charge in [-0.15, -0.1) is 11.8 Å². The van der Waals surface area contributed by atoms with Crippen LogP contribution in [0.15, 0.2) is 41.3 Å². The molecule has 1 heterocycles. The molecule has 2 aromatic carbocycles. The smallest absolute Gasteiger partial charge is 0.137 e. The van der Waals surface area contributed by atoms with Crippen LogP contribution in [-0.2, 0) is 0 Å². The SMILES string of the molecule is Fc1cccc2c1SCCC2Nc1c(Cl)cccc1Cl. The Hall–Kier alpha value is -0.900. The molecular formula is C15H12Cl2FNS. The summed E-state index contributed by atoms with van der Waals surface area (Å²) in [6.07, 6.45) is 0.905. The summed E-state index contributed by atoms with van der Waals surface area (Å²) in [4.78, 5) is 0.722. The monoisotopic (exact) mass is 327 g/mol. The van der Waals surface area contributed by atoms with Gasteiger partial charge in [0, 0.05) is 10.6 Å². The molecule has 1 aliphatic heterocycles. The molecular weight excluding hydrogens is 316 g/mol. The lowest BCUT2D eigenvalue weighted by molar-refractivity contribution is 0.585. The predicted molar refractivity (Wildman–Crippen MR) is 84.6 cm³/mol. The van der Waals surface area contributed by atoms with E-state index < -0.39 is 0 Å². The Bertz CT molecular complexity index is 628. The number of nitrogens with one attached hydrogen (secondary N) is 1. The van der Waals surface area contributed by atoms with Crippen LogP contribution >= 0.6 is 35.0 Å². The molecule has 1 unspecified atom stereocenters. The Balaban J connectivity index is 1.96. The molecule has 0 spiro atoms. The van der Waals surface area contributed by atoms with Gasteiger partial charge in [0.15, 0.2) is 0 Å². The number of hydrogen-bond donors (Lipinski definition) is 1. The van der Waals surface area contributed by atoms with Gasteiger partial charge in [-0.3, -0.25) is 0 Å². The number of benzene rings is 2. The largest absolute Gasteiger partial charge is 0.376 e. The molecule has 0 saturated heterocycles. The Morgan fingerprint density at radius 3 is 2.55 bits per heavy atom. The van der Waals surface area contributed by atoms with Crippen LogP contribution in [0.25, 0.3) is 0 Å². The zero-order valence-electron chi connectivity index (χ0n) is 10.5. The molecule has 1 nitrogen and oxygen atoms in total. The average Bonchev–Trinajstić information content (AvgIpc) is 2.44. The second-order valence-electron chi connectivity index (χ2n) is 4.59. The Labute approximate surface area is 131 Å². The fourth-order valence-electron chi connectivity index (χ4n) is 2.35. The second-order valence-corrected chi connectivity index (χ2v) is 6.51. The first-order chi connectivity index (χ1) is 9.66. The van der Waals surface area contributed by atoms with E-state index in [2.05, 4.69) is 5.32 Å². The molecule has 0 aliphatic carbocycles. The summed E-state index contributed by atoms with van der Waals surface area (Å²) in [6, 6.07) is 10.6. The maximum absolute atomic E-state index is 13.8. The second kappa shape index (κ2) is 5.84. The van der Waals surface area contributed by atoms with E-state index >= 15 is 0 Å². The number of hydrogen-bond acceptors (Lipinski definition) is 2. The van der Waals surface area contributed by atoms with Gasteiger partial charge in [-0.05, 0) is 30.2 Å². The van der Waals surface area contributed by atoms with Crippen molar-refractivity contribution in [2.45, 2.75) is 17.4 Å². The molecule has 0 fully saturated rings. The van der Waals surface area contributed by atoms with Gasteiger partial charge in [0.25, 0.3) is 0 Å². The van der Waals surface area contributed by atoms with Crippen molar-refractivity contribution in [2.75, 3.05) is 11.1 Å². The molecule has 1 N–H and O–H groups in total. The van der Waals surface area contributed by atoms with Crippen molar-refractivity contribution in [3.63, 3.8) is 0 Å². The summed E-state index contributed by atoms with van der Waals surface area (Å²) in [5.74, 6) is 0.706. The zero-order chi connectivity index (χ0) is 14.1. The highest BCUT2D eigenvalue weighted by Gasteiger charge is 2.24. The molecule has 0 radical (unpaired) electrons. The summed E-state index contributed by atoms with van der Waals surface area (Å²) in [7, 11) is 0. The maximum Gasteiger partial charge on any atom is 0.137 e. The van der Waals surface area contributed by atoms with Crippen LogP contribution in [0.3, 0.4) is 0 Å². The maximum atomic E-state index is 13.8. The number of para-hydroxylation sites is 1. The Kier molecular flexibility index (Phi) is 4.11. The average molecular weight is 328 g/mol. The molecule has 1 aliphatic rings. The van der Waals surface area contributed by atoms with Crippen molar-refractivity contribution in [1.82, 2.24) is 0 Å². The van der Waals surface area contributed by atoms with Crippen molar-refractivity contribution in [3.05, 3.63) is 57.8 Å². The molecule has 2 aromatic rings. The van der Waals surface area contributed by atoms with E-state index in [-0.39, 0.29) is 11.9 Å². The minimum atomic E-state index is -0.163. The zero-order valence-corrected chi connectivity index (χ0v) is 12.8. The molecule has 3 rings (SSSR count). The van der Waals surface area contributed by atoms with Gasteiger partial charge >= 0.3 is 0 Å². The van der Waals surface area contributed by atoms with E-state index in [0.29, 0.717) is 15.7 Å². The third kappa shape index (κ3) is 2.62. The van der Waals surface area contributed by atoms with Crippen molar-refractivity contribution in [1.29, 1.82) is 0 Å². The number of anilines is 1. The number of thioether (sulfide) groups is 1. The van der Waals surface area contributed by atoms with Crippen LogP contribution in [0.2, 0.25) is 10.0 Å². The quantitative estimate of drug-likeness (QED) is 0.750. The molecule has 5 heteroatoms. The lowest BCUT2D eigenvalue weighted by Gasteiger charge is -2.27. The summed E-state index contributed by atoms with van der Waals surface area (Å²) in [5, 5.41) is 4.51. The molecule has 1 atom stereocenters. The van der Waals surface area contributed by atoms with Crippen LogP contribution in [0, 0.1) is 5.82 Å². The first-order valence-electron chi connectivity index (χ1n) is 6.28. The van der Waals surface area contributed by atoms with E-state index in [4.69, 9.17) is 23.2 Å². The van der Waals surface area contributed by atoms with Gasteiger partial charge in [-0.1, -0.05) is 41.4 Å². The Morgan fingerprint density at radius 1 is 1.10 bits per heavy atom. The van der Waals surface area contributed by atoms with Gasteiger partial charge in [0.05, 0.1) is 21.8 Å². The van der Waals surface area contributed by atoms with E-state index in [9.17, 15) is 4.39 Å². The highest BCUT2D eigenvalue weighted by molar-refractivity contribution is 7.99. The predicted octanol–water partition coefficient (Wildman–Crippen LogP) is 5.78. The van der Waals surface area contributed by atoms with Gasteiger partial charge in [-0.2, -0.15) is 0 Å². The van der Waals surface area contributed by atoms with Crippen LogP contribution in [0.4, 0.5) is 10.1 Å². The lowest BCUT2D eigenvalue weighted by atomic mass is 10.0. The minimum absolute atomic E-state index is 0.0272. The van der Waals surface area contributed by atoms with Crippen LogP contribution < -0.4 is 5.32 Å². The summed E-state index contributed by atoms with van der Waals surface area (Å²) in [6.45, 7) is 0. The minimum Gasteiger partial charge on any atom is -0.376 e. The normalized spacial score (nSPS) is 17.6. The number of rotatable bonds is 2. The van der Waals surface area contributed by atoms with Crippen molar-refractivity contribution >= 4 is 40.7 Å². The summed E-state index contributed by atoms with van der Waals surface area (Å²) < 4.78 is 13.8. The van der Waals surface area contributed by atoms with Gasteiger partial charge in [0.1, 0.15) is 5.82 Å². The van der Waals surface area contributed by atoms with E-state index in [1.54, 1.807) is 36.0 Å². The summed E-state index contributed by atoms with van der Waals surface area (Å²) >= 11 is 13.9. The van der Waals surface area contributed by atoms with Crippen LogP contribution in [0.1, 0.15) is 18.0 Å². The molecule has 0 amide bonds. The fourth-order valence-corrected chi connectivity index (χ4v) is 3.99. The number of fused-ring (bicyclic) bond motifs is 1. The number of halogens is 3. The fraction of sp³-hybridized carbons (Fsp3) is 0.200. The van der Waals surface area contributed by atoms with Gasteiger partial charge < -0.3 is 5.32 Å². The van der Waals surface area contributed by atoms with Crippen molar-refractivity contribution in [2.24, 2.45) is 0 Å². The van der Waals surface area contributed by atoms with E-state index in [1.165, 1.54) is 6.07 Å². The highest BCUT2D eigenvalue weighted by atomic mass is 35.5. The van der Waals surface area contributed by atoms with Gasteiger partial charge in [0.2, 0.25) is 0 Å². The lowest BCUT2D eigenvalue weighted by Crippen LogP contribution is -2.17. The molecule has 0 bridgehead atoms. The standard InChI is InChI=1S/C15H12Cl2FNS/c16-10-4-2-5-11(17)14(10)19-13-7-8-20-15-9(13)3-1-6-12(15)18/h1-6,13,19H,7-8H2. The molecule has 0 saturated carbocycles. The molecule has 20 heavy (non-hydrogen) atoms. The first kappa shape index (κ1) is 14.1. The van der Waals surface area contributed by atoms with Crippen molar-refractivity contribution < 1.29 is 4.39 Å². The first-order valence-corrected chi connectivity index (χ1v) is 8.02. The van der Waals surface area contributed by atoms with E-state index in [0.717, 1.165) is 22.6 Å². The topological polar surface area (TPSA) is 12.0 Å². The van der Waals surface area contributed by atoms with Gasteiger partial charge in [-0.25, -0.2) is 4.39 Å². The van der Waals surface area contributed by atoms with Crippen LogP contribution in [-0.4, -0.2) is 5.75 Å². The Morgan fingerprint density at radius 2 is 1.80 bits per heavy atom. The molecule has 0 aromatic heterocycles. The van der Waals surface area contributed by atoms with Crippen molar-refractivity contribution in [3.8, 4) is 0 Å². The highest BCUT2D eigenvalue weighted by Crippen LogP contribution is 2.41. The third-order valence-corrected chi connectivity index (χ3v) is 5.10.